The van der Waals surface area contributed by atoms with E-state index >= 15 is 0 Å². The lowest BCUT2D eigenvalue weighted by Gasteiger charge is -2.32. The number of hydrogen-bond acceptors (Lipinski definition) is 3. The van der Waals surface area contributed by atoms with Crippen molar-refractivity contribution >= 4 is 24.5 Å². The second-order valence-corrected chi connectivity index (χ2v) is 7.54. The van der Waals surface area contributed by atoms with E-state index in [9.17, 15) is 14.7 Å². The van der Waals surface area contributed by atoms with Gasteiger partial charge in [0, 0.05) is 12.3 Å². The summed E-state index contributed by atoms with van der Waals surface area (Å²) in [5.41, 5.74) is 2.48. The monoisotopic (exact) mass is 419 g/mol. The number of benzene rings is 3. The molecule has 0 bridgehead atoms. The summed E-state index contributed by atoms with van der Waals surface area (Å²) in [7, 11) is 0. The molecule has 3 aromatic rings. The van der Waals surface area contributed by atoms with Crippen LogP contribution in [0, 0.1) is 5.92 Å². The van der Waals surface area contributed by atoms with Crippen LogP contribution in [0.15, 0.2) is 91.0 Å². The van der Waals surface area contributed by atoms with Gasteiger partial charge in [0.05, 0.1) is 5.92 Å². The van der Waals surface area contributed by atoms with Crippen LogP contribution in [-0.2, 0) is 22.6 Å². The van der Waals surface area contributed by atoms with Crippen LogP contribution in [0.5, 0.6) is 0 Å². The highest BCUT2D eigenvalue weighted by Gasteiger charge is 2.34. The van der Waals surface area contributed by atoms with Crippen molar-refractivity contribution < 1.29 is 14.7 Å². The van der Waals surface area contributed by atoms with Gasteiger partial charge in [-0.15, -0.1) is 0 Å². The molecule has 5 heteroatoms. The fraction of sp³-hybridized carbons (Fsp3) is 0.200. The molecule has 0 aliphatic rings. The zero-order chi connectivity index (χ0) is 21.3. The van der Waals surface area contributed by atoms with E-state index < -0.39 is 17.9 Å². The average Bonchev–Trinajstić information content (AvgIpc) is 2.78. The summed E-state index contributed by atoms with van der Waals surface area (Å²) in [6, 6.07) is 27.0. The third kappa shape index (κ3) is 5.51. The number of hydrogen-bond donors (Lipinski definition) is 2. The van der Waals surface area contributed by atoms with Crippen LogP contribution < -0.4 is 0 Å². The molecule has 0 heterocycles. The first-order chi connectivity index (χ1) is 14.6. The number of carbonyl (C=O) groups excluding carboxylic acids is 1. The third-order valence-electron chi connectivity index (χ3n) is 5.03. The Morgan fingerprint density at radius 3 is 1.80 bits per heavy atom. The molecule has 0 aromatic heterocycles. The molecule has 2 atom stereocenters. The van der Waals surface area contributed by atoms with Crippen LogP contribution in [-0.4, -0.2) is 27.6 Å². The summed E-state index contributed by atoms with van der Waals surface area (Å²) >= 11 is 4.42. The van der Waals surface area contributed by atoms with Crippen molar-refractivity contribution in [1.82, 2.24) is 4.90 Å². The summed E-state index contributed by atoms with van der Waals surface area (Å²) in [4.78, 5) is 27.4. The first kappa shape index (κ1) is 21.7. The van der Waals surface area contributed by atoms with E-state index in [1.54, 1.807) is 24.3 Å². The molecular formula is C25H25NO3S. The predicted molar refractivity (Wildman–Crippen MR) is 121 cm³/mol. The molecule has 0 aliphatic heterocycles. The lowest BCUT2D eigenvalue weighted by Crippen LogP contribution is -2.43. The van der Waals surface area contributed by atoms with Crippen molar-refractivity contribution in [3.63, 3.8) is 0 Å². The number of amides is 1. The van der Waals surface area contributed by atoms with Gasteiger partial charge < -0.3 is 10.0 Å². The molecule has 0 radical (unpaired) electrons. The first-order valence-corrected chi connectivity index (χ1v) is 10.5. The maximum absolute atomic E-state index is 13.6. The number of carbonyl (C=O) groups is 2. The topological polar surface area (TPSA) is 57.6 Å². The Morgan fingerprint density at radius 1 is 0.800 bits per heavy atom. The molecule has 3 aromatic carbocycles. The minimum atomic E-state index is -1.07. The highest BCUT2D eigenvalue weighted by Crippen LogP contribution is 2.27. The van der Waals surface area contributed by atoms with Crippen LogP contribution in [0.2, 0.25) is 0 Å². The maximum atomic E-state index is 13.6. The number of thiol groups is 1. The van der Waals surface area contributed by atoms with E-state index in [4.69, 9.17) is 0 Å². The maximum Gasteiger partial charge on any atom is 0.331 e. The van der Waals surface area contributed by atoms with E-state index in [1.165, 1.54) is 4.90 Å². The number of carboxylic acid groups (broad SMARTS) is 1. The van der Waals surface area contributed by atoms with Gasteiger partial charge in [-0.3, -0.25) is 4.79 Å². The van der Waals surface area contributed by atoms with Crippen molar-refractivity contribution in [2.75, 3.05) is 5.75 Å². The van der Waals surface area contributed by atoms with Gasteiger partial charge >= 0.3 is 5.97 Å². The fourth-order valence-electron chi connectivity index (χ4n) is 3.53. The van der Waals surface area contributed by atoms with Gasteiger partial charge in [0.1, 0.15) is 0 Å². The molecule has 0 saturated carbocycles. The van der Waals surface area contributed by atoms with Crippen molar-refractivity contribution in [3.8, 4) is 0 Å². The molecule has 1 unspecified atom stereocenters. The van der Waals surface area contributed by atoms with Gasteiger partial charge in [0.15, 0.2) is 6.04 Å². The molecular weight excluding hydrogens is 394 g/mol. The zero-order valence-electron chi connectivity index (χ0n) is 16.6. The van der Waals surface area contributed by atoms with Crippen LogP contribution >= 0.6 is 12.6 Å². The van der Waals surface area contributed by atoms with Crippen LogP contribution in [0.1, 0.15) is 22.7 Å². The van der Waals surface area contributed by atoms with Gasteiger partial charge in [0.25, 0.3) is 0 Å². The largest absolute Gasteiger partial charge is 0.479 e. The van der Waals surface area contributed by atoms with Gasteiger partial charge in [-0.25, -0.2) is 4.79 Å². The Labute approximate surface area is 182 Å². The summed E-state index contributed by atoms with van der Waals surface area (Å²) < 4.78 is 0. The molecule has 30 heavy (non-hydrogen) atoms. The third-order valence-corrected chi connectivity index (χ3v) is 5.48. The quantitative estimate of drug-likeness (QED) is 0.497. The molecule has 0 fully saturated rings. The number of rotatable bonds is 9. The molecule has 1 N–H and O–H groups in total. The molecule has 1 amide bonds. The van der Waals surface area contributed by atoms with Crippen LogP contribution in [0.25, 0.3) is 0 Å². The second kappa shape index (κ2) is 10.6. The Balaban J connectivity index is 1.96. The van der Waals surface area contributed by atoms with E-state index in [0.717, 1.165) is 11.1 Å². The fourth-order valence-corrected chi connectivity index (χ4v) is 3.82. The molecule has 0 spiro atoms. The van der Waals surface area contributed by atoms with E-state index in [2.05, 4.69) is 12.6 Å². The Kier molecular flexibility index (Phi) is 7.69. The molecule has 4 nitrogen and oxygen atoms in total. The Hall–Kier alpha value is -3.05. The zero-order valence-corrected chi connectivity index (χ0v) is 17.5. The summed E-state index contributed by atoms with van der Waals surface area (Å²) in [6.45, 7) is 0.213. The summed E-state index contributed by atoms with van der Waals surface area (Å²) in [5.74, 6) is -1.36. The van der Waals surface area contributed by atoms with Crippen LogP contribution in [0.4, 0.5) is 0 Å². The predicted octanol–water partition coefficient (Wildman–Crippen LogP) is 4.63. The highest BCUT2D eigenvalue weighted by atomic mass is 32.1. The van der Waals surface area contributed by atoms with Crippen molar-refractivity contribution in [2.45, 2.75) is 19.0 Å². The molecule has 3 rings (SSSR count). The van der Waals surface area contributed by atoms with E-state index in [1.807, 2.05) is 66.7 Å². The van der Waals surface area contributed by atoms with Gasteiger partial charge in [-0.1, -0.05) is 91.0 Å². The normalized spacial score (nSPS) is 12.7. The molecule has 154 valence electrons. The first-order valence-electron chi connectivity index (χ1n) is 9.87. The smallest absolute Gasteiger partial charge is 0.331 e. The lowest BCUT2D eigenvalue weighted by atomic mass is 9.96. The standard InChI is InChI=1S/C25H25NO3S/c27-24(22(18-30)16-19-10-4-1-5-11-19)26(17-20-12-6-2-7-13-20)23(25(28)29)21-14-8-3-9-15-21/h1-15,22-23,30H,16-18H2,(H,28,29)/t22?,23-/m0/s1. The summed E-state index contributed by atoms with van der Waals surface area (Å²) in [5, 5.41) is 10.1. The lowest BCUT2D eigenvalue weighted by molar-refractivity contribution is -0.152. The molecule has 0 aliphatic carbocycles. The van der Waals surface area contributed by atoms with Crippen molar-refractivity contribution in [2.24, 2.45) is 5.92 Å². The Morgan fingerprint density at radius 2 is 1.30 bits per heavy atom. The van der Waals surface area contributed by atoms with E-state index in [-0.39, 0.29) is 12.5 Å². The van der Waals surface area contributed by atoms with Gasteiger partial charge in [-0.05, 0) is 23.1 Å². The van der Waals surface area contributed by atoms with Crippen molar-refractivity contribution in [3.05, 3.63) is 108 Å². The number of aliphatic carboxylic acids is 1. The number of nitrogens with zero attached hydrogens (tertiary/aromatic N) is 1. The SMILES string of the molecule is O=C(O)[C@H](c1ccccc1)N(Cc1ccccc1)C(=O)C(CS)Cc1ccccc1. The van der Waals surface area contributed by atoms with Crippen LogP contribution in [0.3, 0.4) is 0 Å². The highest BCUT2D eigenvalue weighted by molar-refractivity contribution is 7.80. The van der Waals surface area contributed by atoms with Gasteiger partial charge in [-0.2, -0.15) is 12.6 Å². The second-order valence-electron chi connectivity index (χ2n) is 7.17. The molecule has 0 saturated heterocycles. The number of carboxylic acids is 1. The average molecular weight is 420 g/mol. The van der Waals surface area contributed by atoms with Crippen molar-refractivity contribution in [1.29, 1.82) is 0 Å². The van der Waals surface area contributed by atoms with E-state index in [0.29, 0.717) is 17.7 Å². The van der Waals surface area contributed by atoms with Gasteiger partial charge in [0.2, 0.25) is 5.91 Å². The Bertz CT molecular complexity index is 948. The minimum Gasteiger partial charge on any atom is -0.479 e. The minimum absolute atomic E-state index is 0.213. The summed E-state index contributed by atoms with van der Waals surface area (Å²) in [6.07, 6.45) is 0.510.